The number of fused-ring (bicyclic) bond motifs is 1. The lowest BCUT2D eigenvalue weighted by molar-refractivity contribution is -0.133. The second-order valence-corrected chi connectivity index (χ2v) is 10.5. The van der Waals surface area contributed by atoms with Crippen molar-refractivity contribution in [3.63, 3.8) is 0 Å². The maximum Gasteiger partial charge on any atom is 0.407 e. The number of piperazine rings is 1. The average Bonchev–Trinajstić information content (AvgIpc) is 3.25. The summed E-state index contributed by atoms with van der Waals surface area (Å²) in [4.78, 5) is 46.0. The van der Waals surface area contributed by atoms with Gasteiger partial charge in [0.25, 0.3) is 5.91 Å². The van der Waals surface area contributed by atoms with Gasteiger partial charge in [0, 0.05) is 50.8 Å². The molecule has 8 nitrogen and oxygen atoms in total. The van der Waals surface area contributed by atoms with Crippen LogP contribution < -0.4 is 5.32 Å². The number of carbonyl (C=O) groups is 3. The number of aryl methyl sites for hydroxylation is 1. The van der Waals surface area contributed by atoms with E-state index < -0.39 is 29.4 Å². The molecule has 37 heavy (non-hydrogen) atoms. The minimum Gasteiger partial charge on any atom is -0.444 e. The van der Waals surface area contributed by atoms with Crippen molar-refractivity contribution in [1.29, 1.82) is 0 Å². The summed E-state index contributed by atoms with van der Waals surface area (Å²) in [7, 11) is 0. The van der Waals surface area contributed by atoms with E-state index in [0.29, 0.717) is 55.8 Å². The summed E-state index contributed by atoms with van der Waals surface area (Å²) in [5.74, 6) is -2.61. The molecule has 1 saturated heterocycles. The van der Waals surface area contributed by atoms with Crippen LogP contribution in [-0.4, -0.2) is 70.5 Å². The van der Waals surface area contributed by atoms with E-state index in [1.165, 1.54) is 12.1 Å². The highest BCUT2D eigenvalue weighted by atomic mass is 19.2. The number of carbonyl (C=O) groups excluding carboxylic acids is 3. The Morgan fingerprint density at radius 2 is 1.76 bits per heavy atom. The van der Waals surface area contributed by atoms with Gasteiger partial charge >= 0.3 is 6.09 Å². The lowest BCUT2D eigenvalue weighted by atomic mass is 9.90. The van der Waals surface area contributed by atoms with Crippen LogP contribution in [0.2, 0.25) is 0 Å². The van der Waals surface area contributed by atoms with Crippen LogP contribution in [-0.2, 0) is 16.0 Å². The summed E-state index contributed by atoms with van der Waals surface area (Å²) in [5, 5.41) is 2.81. The predicted octanol–water partition coefficient (Wildman–Crippen LogP) is 3.66. The Kier molecular flexibility index (Phi) is 7.75. The first kappa shape index (κ1) is 26.5. The quantitative estimate of drug-likeness (QED) is 0.658. The molecule has 0 spiro atoms. The van der Waals surface area contributed by atoms with Crippen LogP contribution in [0.15, 0.2) is 36.5 Å². The summed E-state index contributed by atoms with van der Waals surface area (Å²) in [5.41, 5.74) is 0.887. The molecule has 1 aliphatic carbocycles. The maximum atomic E-state index is 14.1. The first-order valence-corrected chi connectivity index (χ1v) is 12.5. The van der Waals surface area contributed by atoms with Crippen LogP contribution in [0.25, 0.3) is 0 Å². The third-order valence-electron chi connectivity index (χ3n) is 6.69. The summed E-state index contributed by atoms with van der Waals surface area (Å²) in [6.45, 7) is 6.63. The number of nitrogens with one attached hydrogen (secondary N) is 1. The SMILES string of the molecule is CC(C)(C)OC(=O)NC(CC(=O)N1CCN(C(=O)c2ccccn2)CC1)C1CCc2cc(F)c(F)cc21. The molecule has 2 heterocycles. The van der Waals surface area contributed by atoms with Gasteiger partial charge in [-0.25, -0.2) is 13.6 Å². The van der Waals surface area contributed by atoms with E-state index in [0.717, 1.165) is 0 Å². The topological polar surface area (TPSA) is 91.8 Å². The zero-order valence-electron chi connectivity index (χ0n) is 21.3. The van der Waals surface area contributed by atoms with E-state index >= 15 is 0 Å². The fourth-order valence-electron chi connectivity index (χ4n) is 4.93. The van der Waals surface area contributed by atoms with Gasteiger partial charge in [0.2, 0.25) is 5.91 Å². The number of rotatable bonds is 5. The molecule has 2 aromatic rings. The predicted molar refractivity (Wildman–Crippen MR) is 132 cm³/mol. The Balaban J connectivity index is 1.45. The van der Waals surface area contributed by atoms with Crippen molar-refractivity contribution >= 4 is 17.9 Å². The molecule has 1 aromatic heterocycles. The summed E-state index contributed by atoms with van der Waals surface area (Å²) in [6, 6.07) is 6.83. The van der Waals surface area contributed by atoms with Crippen LogP contribution in [0.3, 0.4) is 0 Å². The second kappa shape index (κ2) is 10.8. The van der Waals surface area contributed by atoms with E-state index in [2.05, 4.69) is 10.3 Å². The maximum absolute atomic E-state index is 14.1. The lowest BCUT2D eigenvalue weighted by Gasteiger charge is -2.36. The monoisotopic (exact) mass is 514 g/mol. The first-order valence-electron chi connectivity index (χ1n) is 12.5. The van der Waals surface area contributed by atoms with Crippen LogP contribution >= 0.6 is 0 Å². The number of benzene rings is 1. The highest BCUT2D eigenvalue weighted by molar-refractivity contribution is 5.92. The number of amides is 3. The van der Waals surface area contributed by atoms with E-state index in [-0.39, 0.29) is 24.2 Å². The lowest BCUT2D eigenvalue weighted by Crippen LogP contribution is -2.52. The van der Waals surface area contributed by atoms with Gasteiger partial charge in [-0.05, 0) is 69.0 Å². The van der Waals surface area contributed by atoms with Gasteiger partial charge in [-0.3, -0.25) is 14.6 Å². The van der Waals surface area contributed by atoms with Crippen LogP contribution in [0.4, 0.5) is 13.6 Å². The van der Waals surface area contributed by atoms with Crippen LogP contribution in [0, 0.1) is 11.6 Å². The Morgan fingerprint density at radius 1 is 1.08 bits per heavy atom. The molecule has 1 aliphatic heterocycles. The van der Waals surface area contributed by atoms with Crippen molar-refractivity contribution in [1.82, 2.24) is 20.1 Å². The Labute approximate surface area is 215 Å². The van der Waals surface area contributed by atoms with Gasteiger partial charge in [0.05, 0.1) is 0 Å². The van der Waals surface area contributed by atoms with Crippen molar-refractivity contribution in [3.05, 3.63) is 65.0 Å². The molecular weight excluding hydrogens is 482 g/mol. The van der Waals surface area contributed by atoms with Gasteiger partial charge in [0.15, 0.2) is 11.6 Å². The van der Waals surface area contributed by atoms with Crippen molar-refractivity contribution in [2.75, 3.05) is 26.2 Å². The summed E-state index contributed by atoms with van der Waals surface area (Å²) >= 11 is 0. The van der Waals surface area contributed by atoms with Crippen molar-refractivity contribution in [3.8, 4) is 0 Å². The van der Waals surface area contributed by atoms with Crippen LogP contribution in [0.1, 0.15) is 61.1 Å². The van der Waals surface area contributed by atoms with Crippen LogP contribution in [0.5, 0.6) is 0 Å². The molecule has 3 amide bonds. The van der Waals surface area contributed by atoms with Gasteiger partial charge < -0.3 is 19.9 Å². The number of halogens is 2. The molecule has 0 bridgehead atoms. The molecule has 1 N–H and O–H groups in total. The molecule has 10 heteroatoms. The zero-order valence-corrected chi connectivity index (χ0v) is 21.3. The van der Waals surface area contributed by atoms with E-state index in [4.69, 9.17) is 4.74 Å². The largest absolute Gasteiger partial charge is 0.444 e. The van der Waals surface area contributed by atoms with Crippen molar-refractivity contribution in [2.45, 2.75) is 57.6 Å². The minimum atomic E-state index is -0.957. The number of ether oxygens (including phenoxy) is 1. The number of nitrogens with zero attached hydrogens (tertiary/aromatic N) is 3. The summed E-state index contributed by atoms with van der Waals surface area (Å²) in [6.07, 6.45) is 1.92. The van der Waals surface area contributed by atoms with Gasteiger partial charge in [-0.2, -0.15) is 0 Å². The van der Waals surface area contributed by atoms with Crippen molar-refractivity contribution in [2.24, 2.45) is 0 Å². The number of aromatic nitrogens is 1. The van der Waals surface area contributed by atoms with Gasteiger partial charge in [-0.15, -0.1) is 0 Å². The molecule has 2 atom stereocenters. The third kappa shape index (κ3) is 6.42. The zero-order chi connectivity index (χ0) is 26.7. The molecule has 1 aromatic carbocycles. The van der Waals surface area contributed by atoms with Gasteiger partial charge in [-0.1, -0.05) is 6.07 Å². The molecule has 198 valence electrons. The number of alkyl carbamates (subject to hydrolysis) is 1. The third-order valence-corrected chi connectivity index (χ3v) is 6.69. The highest BCUT2D eigenvalue weighted by Gasteiger charge is 2.36. The molecule has 2 unspecified atom stereocenters. The number of pyridine rings is 1. The molecule has 0 radical (unpaired) electrons. The number of hydrogen-bond acceptors (Lipinski definition) is 5. The molecule has 0 saturated carbocycles. The fourth-order valence-corrected chi connectivity index (χ4v) is 4.93. The minimum absolute atomic E-state index is 0.0312. The fraction of sp³-hybridized carbons (Fsp3) is 0.481. The standard InChI is InChI=1S/C27H32F2N4O4/c1-27(2,3)37-26(36)31-23(18-8-7-17-14-20(28)21(29)15-19(17)18)16-24(34)32-10-12-33(13-11-32)25(35)22-6-4-5-9-30-22/h4-6,9,14-15,18,23H,7-8,10-13,16H2,1-3H3,(H,31,36). The molecular formula is C27H32F2N4O4. The molecule has 1 fully saturated rings. The Hall–Kier alpha value is -3.56. The highest BCUT2D eigenvalue weighted by Crippen LogP contribution is 2.38. The van der Waals surface area contributed by atoms with E-state index in [1.54, 1.807) is 55.0 Å². The van der Waals surface area contributed by atoms with Gasteiger partial charge in [0.1, 0.15) is 11.3 Å². The van der Waals surface area contributed by atoms with E-state index in [9.17, 15) is 23.2 Å². The number of hydrogen-bond donors (Lipinski definition) is 1. The molecule has 2 aliphatic rings. The Bertz CT molecular complexity index is 1160. The average molecular weight is 515 g/mol. The smallest absolute Gasteiger partial charge is 0.407 e. The second-order valence-electron chi connectivity index (χ2n) is 10.5. The first-order chi connectivity index (χ1) is 17.5. The summed E-state index contributed by atoms with van der Waals surface area (Å²) < 4.78 is 33.3. The van der Waals surface area contributed by atoms with E-state index in [1.807, 2.05) is 0 Å². The Morgan fingerprint density at radius 3 is 2.41 bits per heavy atom. The van der Waals surface area contributed by atoms with Crippen molar-refractivity contribution < 1.29 is 27.9 Å². The normalized spacial score (nSPS) is 18.2. The molecule has 4 rings (SSSR count).